The summed E-state index contributed by atoms with van der Waals surface area (Å²) in [7, 11) is 1.95. The van der Waals surface area contributed by atoms with Gasteiger partial charge in [-0.2, -0.15) is 0 Å². The van der Waals surface area contributed by atoms with E-state index in [1.54, 1.807) is 0 Å². The number of Topliss-reactive ketones (excluding diaryl/α,β-unsaturated/α-hetero) is 1. The van der Waals surface area contributed by atoms with Crippen molar-refractivity contribution < 1.29 is 14.6 Å². The van der Waals surface area contributed by atoms with Crippen molar-refractivity contribution in [2.24, 2.45) is 18.7 Å². The van der Waals surface area contributed by atoms with Gasteiger partial charge in [0.2, 0.25) is 0 Å². The van der Waals surface area contributed by atoms with Crippen LogP contribution in [0.3, 0.4) is 0 Å². The fourth-order valence-electron chi connectivity index (χ4n) is 3.31. The summed E-state index contributed by atoms with van der Waals surface area (Å²) in [5, 5.41) is 9.30. The lowest BCUT2D eigenvalue weighted by Crippen LogP contribution is -2.41. The van der Waals surface area contributed by atoms with Crippen molar-refractivity contribution in [3.63, 3.8) is 0 Å². The molecule has 2 aromatic heterocycles. The molecule has 28 heavy (non-hydrogen) atoms. The minimum absolute atomic E-state index is 0.0357. The molecule has 0 fully saturated rings. The van der Waals surface area contributed by atoms with Crippen LogP contribution in [0.15, 0.2) is 12.3 Å². The molecule has 0 aromatic carbocycles. The molecule has 0 radical (unpaired) electrons. The van der Waals surface area contributed by atoms with E-state index in [2.05, 4.69) is 44.6 Å². The smallest absolute Gasteiger partial charge is 0.185 e. The number of hydrogen-bond acceptors (Lipinski definition) is 6. The Balaban J connectivity index is 2.08. The molecule has 2 heterocycles. The molecule has 0 unspecified atom stereocenters. The van der Waals surface area contributed by atoms with Crippen LogP contribution in [0.25, 0.3) is 11.2 Å². The molecular weight excluding hydrogens is 356 g/mol. The van der Waals surface area contributed by atoms with Crippen LogP contribution in [-0.4, -0.2) is 50.8 Å². The topological polar surface area (TPSA) is 103 Å². The maximum Gasteiger partial charge on any atom is 0.185 e. The Morgan fingerprint density at radius 3 is 2.61 bits per heavy atom. The number of ketones is 1. The van der Waals surface area contributed by atoms with Crippen molar-refractivity contribution in [2.45, 2.75) is 65.0 Å². The first-order valence-corrected chi connectivity index (χ1v) is 9.88. The zero-order chi connectivity index (χ0) is 21.1. The largest absolute Gasteiger partial charge is 0.395 e. The van der Waals surface area contributed by atoms with E-state index in [-0.39, 0.29) is 36.9 Å². The van der Waals surface area contributed by atoms with Crippen LogP contribution in [-0.2, 0) is 17.2 Å². The molecule has 0 aliphatic carbocycles. The van der Waals surface area contributed by atoms with E-state index in [9.17, 15) is 9.90 Å². The van der Waals surface area contributed by atoms with Crippen LogP contribution in [0.4, 0.5) is 0 Å². The average molecular weight is 391 g/mol. The van der Waals surface area contributed by atoms with Gasteiger partial charge in [-0.05, 0) is 18.4 Å². The van der Waals surface area contributed by atoms with E-state index in [0.717, 1.165) is 17.6 Å². The molecular formula is C21H34N4O3. The van der Waals surface area contributed by atoms with E-state index in [1.807, 2.05) is 17.7 Å². The Kier molecular flexibility index (Phi) is 7.31. The Hall–Kier alpha value is -1.83. The molecule has 2 aromatic rings. The molecule has 7 nitrogen and oxygen atoms in total. The first kappa shape index (κ1) is 22.5. The standard InChI is InChI=1S/C21H34N4O3/c1-13(2)9-18(14(22)12-26)28-8-7-17(27)16-11-23-15-10-19(21(3,4)5)25(6)20(15)24-16/h10-11,13-14,18,26H,7-9,12,22H2,1-6H3/t14-,18-/m0/s1. The first-order chi connectivity index (χ1) is 13.0. The summed E-state index contributed by atoms with van der Waals surface area (Å²) in [4.78, 5) is 21.5. The molecule has 0 aliphatic heterocycles. The second kappa shape index (κ2) is 9.11. The van der Waals surface area contributed by atoms with Gasteiger partial charge in [0.05, 0.1) is 31.6 Å². The van der Waals surface area contributed by atoms with Gasteiger partial charge in [-0.15, -0.1) is 0 Å². The third kappa shape index (κ3) is 5.37. The summed E-state index contributed by atoms with van der Waals surface area (Å²) in [5.74, 6) is 0.273. The van der Waals surface area contributed by atoms with Gasteiger partial charge in [0.1, 0.15) is 11.2 Å². The number of aromatic nitrogens is 3. The summed E-state index contributed by atoms with van der Waals surface area (Å²) >= 11 is 0. The van der Waals surface area contributed by atoms with E-state index in [1.165, 1.54) is 6.20 Å². The highest BCUT2D eigenvalue weighted by molar-refractivity contribution is 5.95. The van der Waals surface area contributed by atoms with Gasteiger partial charge in [0, 0.05) is 24.6 Å². The molecule has 7 heteroatoms. The summed E-state index contributed by atoms with van der Waals surface area (Å²) < 4.78 is 7.79. The van der Waals surface area contributed by atoms with Gasteiger partial charge >= 0.3 is 0 Å². The number of ether oxygens (including phenoxy) is 1. The summed E-state index contributed by atoms with van der Waals surface area (Å²) in [5.41, 5.74) is 8.83. The predicted molar refractivity (Wildman–Crippen MR) is 110 cm³/mol. The lowest BCUT2D eigenvalue weighted by Gasteiger charge is -2.24. The molecule has 0 aliphatic rings. The number of fused-ring (bicyclic) bond motifs is 1. The van der Waals surface area contributed by atoms with Gasteiger partial charge < -0.3 is 20.1 Å². The molecule has 0 bridgehead atoms. The maximum absolute atomic E-state index is 12.6. The van der Waals surface area contributed by atoms with Crippen LogP contribution >= 0.6 is 0 Å². The van der Waals surface area contributed by atoms with Crippen molar-refractivity contribution in [2.75, 3.05) is 13.2 Å². The maximum atomic E-state index is 12.6. The normalized spacial score (nSPS) is 14.6. The number of rotatable bonds is 9. The van der Waals surface area contributed by atoms with Gasteiger partial charge in [-0.3, -0.25) is 9.78 Å². The number of aliphatic hydroxyl groups is 1. The lowest BCUT2D eigenvalue weighted by atomic mass is 9.92. The molecule has 3 N–H and O–H groups in total. The van der Waals surface area contributed by atoms with Crippen LogP contribution in [0.2, 0.25) is 0 Å². The number of aryl methyl sites for hydroxylation is 1. The Morgan fingerprint density at radius 2 is 2.04 bits per heavy atom. The van der Waals surface area contributed by atoms with E-state index < -0.39 is 6.04 Å². The predicted octanol–water partition coefficient (Wildman–Crippen LogP) is 2.59. The monoisotopic (exact) mass is 390 g/mol. The summed E-state index contributed by atoms with van der Waals surface area (Å²) in [6, 6.07) is 1.57. The Labute approximate surface area is 167 Å². The second-order valence-electron chi connectivity index (χ2n) is 8.86. The third-order valence-corrected chi connectivity index (χ3v) is 4.84. The van der Waals surface area contributed by atoms with Crippen LogP contribution in [0.1, 0.15) is 63.6 Å². The number of nitrogens with zero attached hydrogens (tertiary/aromatic N) is 3. The first-order valence-electron chi connectivity index (χ1n) is 9.88. The molecule has 0 spiro atoms. The molecule has 0 amide bonds. The second-order valence-corrected chi connectivity index (χ2v) is 8.86. The SMILES string of the molecule is CC(C)C[C@H](OCCC(=O)c1cnc2cc(C(C)(C)C)n(C)c2n1)[C@@H](N)CO. The van der Waals surface area contributed by atoms with Gasteiger partial charge in [-0.25, -0.2) is 4.98 Å². The number of aliphatic hydroxyl groups excluding tert-OH is 1. The summed E-state index contributed by atoms with van der Waals surface area (Å²) in [6.07, 6.45) is 2.19. The van der Waals surface area contributed by atoms with E-state index >= 15 is 0 Å². The zero-order valence-corrected chi connectivity index (χ0v) is 17.9. The molecule has 0 saturated carbocycles. The fraction of sp³-hybridized carbons (Fsp3) is 0.667. The zero-order valence-electron chi connectivity index (χ0n) is 17.9. The fourth-order valence-corrected chi connectivity index (χ4v) is 3.31. The minimum Gasteiger partial charge on any atom is -0.395 e. The number of nitrogens with two attached hydrogens (primary N) is 1. The highest BCUT2D eigenvalue weighted by Crippen LogP contribution is 2.26. The van der Waals surface area contributed by atoms with Crippen molar-refractivity contribution in [3.8, 4) is 0 Å². The highest BCUT2D eigenvalue weighted by atomic mass is 16.5. The van der Waals surface area contributed by atoms with Gasteiger partial charge in [0.15, 0.2) is 11.4 Å². The Morgan fingerprint density at radius 1 is 1.36 bits per heavy atom. The van der Waals surface area contributed by atoms with Crippen molar-refractivity contribution in [1.29, 1.82) is 0 Å². The van der Waals surface area contributed by atoms with Crippen molar-refractivity contribution in [3.05, 3.63) is 23.7 Å². The van der Waals surface area contributed by atoms with E-state index in [4.69, 9.17) is 10.5 Å². The quantitative estimate of drug-likeness (QED) is 0.638. The number of carbonyl (C=O) groups excluding carboxylic acids is 1. The molecule has 156 valence electrons. The van der Waals surface area contributed by atoms with Gasteiger partial charge in [0.25, 0.3) is 0 Å². The van der Waals surface area contributed by atoms with Crippen molar-refractivity contribution in [1.82, 2.24) is 14.5 Å². The van der Waals surface area contributed by atoms with E-state index in [0.29, 0.717) is 17.3 Å². The number of carbonyl (C=O) groups is 1. The molecule has 2 atom stereocenters. The van der Waals surface area contributed by atoms with Crippen LogP contribution < -0.4 is 5.73 Å². The van der Waals surface area contributed by atoms with Crippen LogP contribution in [0.5, 0.6) is 0 Å². The minimum atomic E-state index is -0.451. The third-order valence-electron chi connectivity index (χ3n) is 4.84. The number of hydrogen-bond donors (Lipinski definition) is 2. The van der Waals surface area contributed by atoms with Crippen molar-refractivity contribution >= 4 is 16.9 Å². The average Bonchev–Trinajstić information content (AvgIpc) is 2.96. The lowest BCUT2D eigenvalue weighted by molar-refractivity contribution is 0.00885. The Bertz CT molecular complexity index is 808. The molecule has 2 rings (SSSR count). The molecule has 0 saturated heterocycles. The summed E-state index contributed by atoms with van der Waals surface area (Å²) in [6.45, 7) is 10.6. The van der Waals surface area contributed by atoms with Crippen LogP contribution in [0, 0.1) is 5.92 Å². The highest BCUT2D eigenvalue weighted by Gasteiger charge is 2.22. The van der Waals surface area contributed by atoms with Gasteiger partial charge in [-0.1, -0.05) is 34.6 Å².